The molecule has 0 aromatic carbocycles. The normalized spacial score (nSPS) is 24.7. The summed E-state index contributed by atoms with van der Waals surface area (Å²) in [6, 6.07) is 3.78. The topological polar surface area (TPSA) is 45.5 Å². The number of rotatable bonds is 1. The lowest BCUT2D eigenvalue weighted by Gasteiger charge is -2.36. The molecule has 0 radical (unpaired) electrons. The molecule has 1 saturated heterocycles. The molecule has 2 aromatic rings. The van der Waals surface area contributed by atoms with Gasteiger partial charge in [0.1, 0.15) is 5.82 Å². The zero-order valence-corrected chi connectivity index (χ0v) is 10.5. The minimum atomic E-state index is -0.305. The molecular weight excluding hydrogens is 233 g/mol. The lowest BCUT2D eigenvalue weighted by molar-refractivity contribution is 0.420. The van der Waals surface area contributed by atoms with Crippen molar-refractivity contribution in [3.63, 3.8) is 0 Å². The molecule has 0 amide bonds. The summed E-state index contributed by atoms with van der Waals surface area (Å²) in [5.74, 6) is 0.363. The fourth-order valence-corrected chi connectivity index (χ4v) is 2.27. The molecule has 2 unspecified atom stereocenters. The number of pyridine rings is 1. The third-order valence-electron chi connectivity index (χ3n) is 3.30. The van der Waals surface area contributed by atoms with Crippen LogP contribution >= 0.6 is 0 Å². The third-order valence-corrected chi connectivity index (χ3v) is 3.30. The van der Waals surface area contributed by atoms with Gasteiger partial charge in [-0.25, -0.2) is 8.91 Å². The van der Waals surface area contributed by atoms with Gasteiger partial charge in [0.2, 0.25) is 5.95 Å². The zero-order valence-electron chi connectivity index (χ0n) is 10.5. The molecule has 18 heavy (non-hydrogen) atoms. The summed E-state index contributed by atoms with van der Waals surface area (Å²) in [6.07, 6.45) is 1.35. The van der Waals surface area contributed by atoms with Crippen molar-refractivity contribution in [2.45, 2.75) is 25.9 Å². The predicted octanol–water partition coefficient (Wildman–Crippen LogP) is 1.05. The van der Waals surface area contributed by atoms with E-state index in [0.29, 0.717) is 23.7 Å². The summed E-state index contributed by atoms with van der Waals surface area (Å²) in [4.78, 5) is 6.60. The van der Waals surface area contributed by atoms with E-state index in [4.69, 9.17) is 0 Å². The number of piperazine rings is 1. The number of fused-ring (bicyclic) bond motifs is 1. The molecule has 1 N–H and O–H groups in total. The highest BCUT2D eigenvalue weighted by Gasteiger charge is 2.25. The van der Waals surface area contributed by atoms with Gasteiger partial charge < -0.3 is 10.2 Å². The fourth-order valence-electron chi connectivity index (χ4n) is 2.27. The minimum Gasteiger partial charge on any atom is -0.334 e. The monoisotopic (exact) mass is 249 g/mol. The van der Waals surface area contributed by atoms with Crippen molar-refractivity contribution in [1.82, 2.24) is 19.9 Å². The summed E-state index contributed by atoms with van der Waals surface area (Å²) in [5, 5.41) is 7.76. The van der Waals surface area contributed by atoms with Crippen molar-refractivity contribution in [2.24, 2.45) is 0 Å². The first-order valence-corrected chi connectivity index (χ1v) is 6.15. The predicted molar refractivity (Wildman–Crippen MR) is 67.2 cm³/mol. The van der Waals surface area contributed by atoms with E-state index in [1.165, 1.54) is 16.8 Å². The average Bonchev–Trinajstić information content (AvgIpc) is 2.74. The highest BCUT2D eigenvalue weighted by molar-refractivity contribution is 5.45. The van der Waals surface area contributed by atoms with E-state index in [9.17, 15) is 4.39 Å². The Labute approximate surface area is 105 Å². The Morgan fingerprint density at radius 1 is 1.39 bits per heavy atom. The third kappa shape index (κ3) is 1.92. The summed E-state index contributed by atoms with van der Waals surface area (Å²) >= 11 is 0. The molecule has 1 aliphatic heterocycles. The van der Waals surface area contributed by atoms with Gasteiger partial charge in [-0.2, -0.15) is 4.98 Å². The first-order valence-electron chi connectivity index (χ1n) is 6.15. The van der Waals surface area contributed by atoms with E-state index in [1.54, 1.807) is 6.07 Å². The number of anilines is 1. The van der Waals surface area contributed by atoms with Crippen LogP contribution in [-0.2, 0) is 0 Å². The van der Waals surface area contributed by atoms with Crippen molar-refractivity contribution in [3.05, 3.63) is 24.1 Å². The summed E-state index contributed by atoms with van der Waals surface area (Å²) in [6.45, 7) is 6.03. The highest BCUT2D eigenvalue weighted by atomic mass is 19.1. The average molecular weight is 249 g/mol. The summed E-state index contributed by atoms with van der Waals surface area (Å²) in [7, 11) is 0. The number of hydrogen-bond acceptors (Lipinski definition) is 4. The largest absolute Gasteiger partial charge is 0.334 e. The standard InChI is InChI=1S/C12H16FN5/c1-8-6-17(9(2)5-14-8)12-15-11-4-3-10(13)7-18(11)16-12/h3-4,7-9,14H,5-6H2,1-2H3. The van der Waals surface area contributed by atoms with Gasteiger partial charge in [0.25, 0.3) is 0 Å². The summed E-state index contributed by atoms with van der Waals surface area (Å²) in [5.41, 5.74) is 0.671. The minimum absolute atomic E-state index is 0.305. The lowest BCUT2D eigenvalue weighted by atomic mass is 10.1. The van der Waals surface area contributed by atoms with Gasteiger partial charge in [-0.15, -0.1) is 5.10 Å². The van der Waals surface area contributed by atoms with E-state index >= 15 is 0 Å². The molecule has 5 nitrogen and oxygen atoms in total. The maximum atomic E-state index is 13.1. The first kappa shape index (κ1) is 11.4. The maximum Gasteiger partial charge on any atom is 0.246 e. The van der Waals surface area contributed by atoms with Crippen molar-refractivity contribution in [1.29, 1.82) is 0 Å². The molecular formula is C12H16FN5. The molecule has 1 fully saturated rings. The molecule has 1 aliphatic rings. The van der Waals surface area contributed by atoms with Gasteiger partial charge in [0, 0.05) is 25.2 Å². The van der Waals surface area contributed by atoms with Gasteiger partial charge in [-0.3, -0.25) is 0 Å². The number of nitrogens with one attached hydrogen (secondary N) is 1. The van der Waals surface area contributed by atoms with Crippen LogP contribution in [0.3, 0.4) is 0 Å². The Bertz CT molecular complexity index is 567. The van der Waals surface area contributed by atoms with Crippen LogP contribution in [0, 0.1) is 5.82 Å². The molecule has 0 aliphatic carbocycles. The van der Waals surface area contributed by atoms with E-state index < -0.39 is 0 Å². The van der Waals surface area contributed by atoms with E-state index in [-0.39, 0.29) is 5.82 Å². The van der Waals surface area contributed by atoms with Crippen LogP contribution in [0.5, 0.6) is 0 Å². The van der Waals surface area contributed by atoms with Gasteiger partial charge in [0.15, 0.2) is 5.65 Å². The number of nitrogens with zero attached hydrogens (tertiary/aromatic N) is 4. The van der Waals surface area contributed by atoms with Gasteiger partial charge >= 0.3 is 0 Å². The Balaban J connectivity index is 1.97. The van der Waals surface area contributed by atoms with Gasteiger partial charge in [-0.1, -0.05) is 0 Å². The summed E-state index contributed by atoms with van der Waals surface area (Å²) < 4.78 is 14.6. The maximum absolute atomic E-state index is 13.1. The Morgan fingerprint density at radius 2 is 2.22 bits per heavy atom. The SMILES string of the molecule is CC1CN(c2nc3ccc(F)cn3n2)C(C)CN1. The van der Waals surface area contributed by atoms with Crippen LogP contribution in [0.1, 0.15) is 13.8 Å². The van der Waals surface area contributed by atoms with E-state index in [1.807, 2.05) is 0 Å². The second-order valence-electron chi connectivity index (χ2n) is 4.87. The van der Waals surface area contributed by atoms with Crippen LogP contribution in [0.4, 0.5) is 10.3 Å². The second kappa shape index (κ2) is 4.20. The molecule has 0 spiro atoms. The number of aromatic nitrogens is 3. The zero-order chi connectivity index (χ0) is 12.7. The second-order valence-corrected chi connectivity index (χ2v) is 4.87. The molecule has 2 aromatic heterocycles. The molecule has 96 valence electrons. The van der Waals surface area contributed by atoms with Crippen molar-refractivity contribution in [2.75, 3.05) is 18.0 Å². The van der Waals surface area contributed by atoms with Crippen LogP contribution < -0.4 is 10.2 Å². The lowest BCUT2D eigenvalue weighted by Crippen LogP contribution is -2.54. The number of halogens is 1. The van der Waals surface area contributed by atoms with E-state index in [0.717, 1.165) is 13.1 Å². The molecule has 6 heteroatoms. The van der Waals surface area contributed by atoms with Crippen molar-refractivity contribution < 1.29 is 4.39 Å². The molecule has 3 rings (SSSR count). The molecule has 0 saturated carbocycles. The fraction of sp³-hybridized carbons (Fsp3) is 0.500. The molecule has 2 atom stereocenters. The molecule has 3 heterocycles. The van der Waals surface area contributed by atoms with Gasteiger partial charge in [-0.05, 0) is 26.0 Å². The van der Waals surface area contributed by atoms with Crippen LogP contribution in [0.15, 0.2) is 18.3 Å². The smallest absolute Gasteiger partial charge is 0.246 e. The Kier molecular flexibility index (Phi) is 2.66. The highest BCUT2D eigenvalue weighted by Crippen LogP contribution is 2.16. The quantitative estimate of drug-likeness (QED) is 0.820. The van der Waals surface area contributed by atoms with Crippen LogP contribution in [0.2, 0.25) is 0 Å². The Morgan fingerprint density at radius 3 is 3.06 bits per heavy atom. The van der Waals surface area contributed by atoms with Crippen molar-refractivity contribution >= 4 is 11.6 Å². The van der Waals surface area contributed by atoms with Crippen molar-refractivity contribution in [3.8, 4) is 0 Å². The van der Waals surface area contributed by atoms with E-state index in [2.05, 4.69) is 34.1 Å². The van der Waals surface area contributed by atoms with Crippen LogP contribution in [0.25, 0.3) is 5.65 Å². The first-order chi connectivity index (χ1) is 8.63. The van der Waals surface area contributed by atoms with Crippen LogP contribution in [-0.4, -0.2) is 39.8 Å². The molecule has 0 bridgehead atoms. The Hall–Kier alpha value is -1.69. The van der Waals surface area contributed by atoms with Gasteiger partial charge in [0.05, 0.1) is 6.20 Å². The number of hydrogen-bond donors (Lipinski definition) is 1.